The molecule has 0 radical (unpaired) electrons. The zero-order valence-corrected chi connectivity index (χ0v) is 22.3. The van der Waals surface area contributed by atoms with Crippen LogP contribution in [-0.2, 0) is 0 Å². The molecule has 0 fully saturated rings. The van der Waals surface area contributed by atoms with Gasteiger partial charge in [-0.2, -0.15) is 0 Å². The maximum Gasteiger partial charge on any atom is 0.132 e. The maximum atomic E-state index is 10.2. The summed E-state index contributed by atoms with van der Waals surface area (Å²) >= 11 is 0. The highest BCUT2D eigenvalue weighted by molar-refractivity contribution is 5.42. The number of rotatable bonds is 22. The van der Waals surface area contributed by atoms with E-state index in [0.717, 1.165) is 13.0 Å². The highest BCUT2D eigenvalue weighted by Gasteiger charge is 2.33. The summed E-state index contributed by atoms with van der Waals surface area (Å²) in [5, 5.41) is 20.4. The number of nitrogens with zero attached hydrogens (tertiary/aromatic N) is 1. The molecule has 0 heterocycles. The Hall–Kier alpha value is -0.900. The molecule has 33 heavy (non-hydrogen) atoms. The fraction of sp³-hybridized carbons (Fsp3) is 0.800. The number of aliphatic hydroxyl groups is 2. The monoisotopic (exact) mass is 462 g/mol. The van der Waals surface area contributed by atoms with E-state index in [2.05, 4.69) is 31.2 Å². The summed E-state index contributed by atoms with van der Waals surface area (Å²) in [6.07, 6.45) is 21.2. The summed E-state index contributed by atoms with van der Waals surface area (Å²) in [7, 11) is 0. The zero-order valence-electron chi connectivity index (χ0n) is 22.3. The van der Waals surface area contributed by atoms with Gasteiger partial charge in [0.05, 0.1) is 6.54 Å². The Kier molecular flexibility index (Phi) is 17.7. The molecule has 0 spiro atoms. The van der Waals surface area contributed by atoms with E-state index < -0.39 is 0 Å². The van der Waals surface area contributed by atoms with Crippen molar-refractivity contribution >= 4 is 5.69 Å². The van der Waals surface area contributed by atoms with Crippen molar-refractivity contribution in [2.45, 2.75) is 136 Å². The summed E-state index contributed by atoms with van der Waals surface area (Å²) < 4.78 is 0.675. The van der Waals surface area contributed by atoms with Gasteiger partial charge in [-0.05, 0) is 38.8 Å². The molecule has 0 saturated carbocycles. The van der Waals surface area contributed by atoms with Crippen molar-refractivity contribution in [2.75, 3.05) is 19.6 Å². The zero-order chi connectivity index (χ0) is 24.2. The Morgan fingerprint density at radius 1 is 0.576 bits per heavy atom. The Balaban J connectivity index is 2.18. The molecule has 192 valence electrons. The van der Waals surface area contributed by atoms with Crippen molar-refractivity contribution in [3.8, 4) is 0 Å². The third-order valence-corrected chi connectivity index (χ3v) is 6.97. The second kappa shape index (κ2) is 19.4. The lowest BCUT2D eigenvalue weighted by atomic mass is 10.0. The topological polar surface area (TPSA) is 40.5 Å². The van der Waals surface area contributed by atoms with Crippen molar-refractivity contribution in [3.05, 3.63) is 30.3 Å². The highest BCUT2D eigenvalue weighted by atomic mass is 16.3. The fourth-order valence-corrected chi connectivity index (χ4v) is 5.32. The van der Waals surface area contributed by atoms with Gasteiger partial charge >= 0.3 is 0 Å². The van der Waals surface area contributed by atoms with Crippen molar-refractivity contribution < 1.29 is 10.2 Å². The molecule has 0 bridgehead atoms. The van der Waals surface area contributed by atoms with Crippen molar-refractivity contribution in [2.24, 2.45) is 0 Å². The highest BCUT2D eigenvalue weighted by Crippen LogP contribution is 2.26. The number of hydrogen-bond donors (Lipinski definition) is 2. The Labute approximate surface area is 206 Å². The number of unbranched alkanes of at least 4 members (excludes halogenated alkanes) is 15. The Bertz CT molecular complexity index is 533. The van der Waals surface area contributed by atoms with Gasteiger partial charge in [0.15, 0.2) is 0 Å². The second-order valence-corrected chi connectivity index (χ2v) is 10.6. The minimum Gasteiger partial charge on any atom is -0.388 e. The molecule has 1 rings (SSSR count). The van der Waals surface area contributed by atoms with Gasteiger partial charge in [-0.15, -0.1) is 0 Å². The lowest BCUT2D eigenvalue weighted by Gasteiger charge is -2.40. The molecule has 0 aliphatic carbocycles. The molecule has 3 heteroatoms. The van der Waals surface area contributed by atoms with Crippen LogP contribution in [0.25, 0.3) is 0 Å². The van der Waals surface area contributed by atoms with E-state index in [1.165, 1.54) is 102 Å². The van der Waals surface area contributed by atoms with Crippen LogP contribution in [0.15, 0.2) is 30.3 Å². The summed E-state index contributed by atoms with van der Waals surface area (Å²) in [6, 6.07) is 10.5. The van der Waals surface area contributed by atoms with Gasteiger partial charge in [0.1, 0.15) is 31.0 Å². The molecule has 3 nitrogen and oxygen atoms in total. The van der Waals surface area contributed by atoms with Gasteiger partial charge < -0.3 is 10.2 Å². The Morgan fingerprint density at radius 2 is 0.939 bits per heavy atom. The first kappa shape index (κ1) is 30.1. The first-order valence-corrected chi connectivity index (χ1v) is 14.3. The number of aliphatic hydroxyl groups excluding tert-OH is 2. The van der Waals surface area contributed by atoms with Crippen LogP contribution in [0.3, 0.4) is 0 Å². The first-order valence-electron chi connectivity index (χ1n) is 14.3. The van der Waals surface area contributed by atoms with Crippen molar-refractivity contribution in [3.63, 3.8) is 0 Å². The second-order valence-electron chi connectivity index (χ2n) is 10.6. The smallest absolute Gasteiger partial charge is 0.132 e. The van der Waals surface area contributed by atoms with E-state index in [-0.39, 0.29) is 12.2 Å². The van der Waals surface area contributed by atoms with E-state index in [9.17, 15) is 10.2 Å². The van der Waals surface area contributed by atoms with Crippen molar-refractivity contribution in [1.29, 1.82) is 0 Å². The predicted molar refractivity (Wildman–Crippen MR) is 146 cm³/mol. The van der Waals surface area contributed by atoms with Crippen LogP contribution >= 0.6 is 0 Å². The number of para-hydroxylation sites is 1. The van der Waals surface area contributed by atoms with Crippen LogP contribution in [0.5, 0.6) is 0 Å². The van der Waals surface area contributed by atoms with Gasteiger partial charge in [0.25, 0.3) is 0 Å². The predicted octanol–water partition coefficient (Wildman–Crippen LogP) is 8.02. The SMILES string of the molecule is CCCCCCCCCCCCCCCCCC[N+](CC(C)O)(CC(C)O)c1ccccc1. The molecule has 0 amide bonds. The minimum absolute atomic E-state index is 0.384. The average Bonchev–Trinajstić information content (AvgIpc) is 2.78. The van der Waals surface area contributed by atoms with E-state index in [4.69, 9.17) is 0 Å². The van der Waals surface area contributed by atoms with Crippen LogP contribution in [0.4, 0.5) is 5.69 Å². The van der Waals surface area contributed by atoms with Crippen LogP contribution in [0, 0.1) is 0 Å². The molecule has 2 atom stereocenters. The van der Waals surface area contributed by atoms with Gasteiger partial charge in [-0.3, -0.25) is 4.48 Å². The lowest BCUT2D eigenvalue weighted by molar-refractivity contribution is 0.0851. The van der Waals surface area contributed by atoms with Crippen LogP contribution in [0.2, 0.25) is 0 Å². The molecule has 0 aliphatic rings. The average molecular weight is 463 g/mol. The van der Waals surface area contributed by atoms with Crippen molar-refractivity contribution in [1.82, 2.24) is 4.48 Å². The Morgan fingerprint density at radius 3 is 1.30 bits per heavy atom. The number of hydrogen-bond acceptors (Lipinski definition) is 2. The molecule has 1 aromatic carbocycles. The van der Waals surface area contributed by atoms with E-state index in [1.807, 2.05) is 19.9 Å². The van der Waals surface area contributed by atoms with Crippen LogP contribution in [-0.4, -0.2) is 42.1 Å². The lowest BCUT2D eigenvalue weighted by Crippen LogP contribution is -2.57. The third-order valence-electron chi connectivity index (χ3n) is 6.97. The molecular formula is C30H56NO2+. The largest absolute Gasteiger partial charge is 0.388 e. The third kappa shape index (κ3) is 14.9. The fourth-order valence-electron chi connectivity index (χ4n) is 5.32. The van der Waals surface area contributed by atoms with E-state index in [1.54, 1.807) is 0 Å². The summed E-state index contributed by atoms with van der Waals surface area (Å²) in [4.78, 5) is 0. The summed E-state index contributed by atoms with van der Waals surface area (Å²) in [5.74, 6) is 0. The maximum absolute atomic E-state index is 10.2. The standard InChI is InChI=1S/C30H56NO2/c1-4-5-6-7-8-9-10-11-12-13-14-15-16-17-18-22-25-31(26-28(2)32,27-29(3)33)30-23-20-19-21-24-30/h19-21,23-24,28-29,32-33H,4-18,22,25-27H2,1-3H3/q+1. The van der Waals surface area contributed by atoms with Gasteiger partial charge in [-0.1, -0.05) is 115 Å². The molecule has 0 aromatic heterocycles. The molecule has 1 aromatic rings. The molecule has 2 unspecified atom stereocenters. The summed E-state index contributed by atoms with van der Waals surface area (Å²) in [6.45, 7) is 8.33. The van der Waals surface area contributed by atoms with Crippen LogP contribution in [0.1, 0.15) is 124 Å². The van der Waals surface area contributed by atoms with Gasteiger partial charge in [0.2, 0.25) is 0 Å². The molecular weight excluding hydrogens is 406 g/mol. The number of quaternary nitrogens is 1. The molecule has 0 saturated heterocycles. The number of benzene rings is 1. The van der Waals surface area contributed by atoms with Crippen LogP contribution < -0.4 is 4.48 Å². The molecule has 2 N–H and O–H groups in total. The van der Waals surface area contributed by atoms with E-state index >= 15 is 0 Å². The van der Waals surface area contributed by atoms with E-state index in [0.29, 0.717) is 17.6 Å². The normalized spacial score (nSPS) is 15.3. The van der Waals surface area contributed by atoms with Gasteiger partial charge in [0, 0.05) is 0 Å². The first-order chi connectivity index (χ1) is 16.0. The quantitative estimate of drug-likeness (QED) is 0.135. The van der Waals surface area contributed by atoms with Gasteiger partial charge in [-0.25, -0.2) is 0 Å². The minimum atomic E-state index is -0.384. The molecule has 0 aliphatic heterocycles. The summed E-state index contributed by atoms with van der Waals surface area (Å²) in [5.41, 5.74) is 1.21.